The molecule has 0 unspecified atom stereocenters. The molecule has 0 amide bonds. The molecule has 0 spiro atoms. The van der Waals surface area contributed by atoms with Crippen LogP contribution >= 0.6 is 24.0 Å². The number of sulfonamides is 1. The predicted molar refractivity (Wildman–Crippen MR) is 107 cm³/mol. The molecule has 1 aromatic carbocycles. The molecule has 7 nitrogen and oxygen atoms in total. The molecular formula is C15H27IN4O3S. The topological polar surface area (TPSA) is 91.8 Å². The molecule has 0 aliphatic rings. The third-order valence-electron chi connectivity index (χ3n) is 3.12. The highest BCUT2D eigenvalue weighted by atomic mass is 127. The van der Waals surface area contributed by atoms with E-state index >= 15 is 0 Å². The molecule has 0 aromatic heterocycles. The SMILES string of the molecule is CCOCCCNC(=NC)NCc1cccc(S(=O)(=O)NC)c1.I. The van der Waals surface area contributed by atoms with Crippen molar-refractivity contribution in [3.05, 3.63) is 29.8 Å². The van der Waals surface area contributed by atoms with E-state index in [2.05, 4.69) is 20.3 Å². The highest BCUT2D eigenvalue weighted by Gasteiger charge is 2.11. The normalized spacial score (nSPS) is 11.7. The second-order valence-corrected chi connectivity index (χ2v) is 6.64. The second-order valence-electron chi connectivity index (χ2n) is 4.76. The highest BCUT2D eigenvalue weighted by molar-refractivity contribution is 14.0. The fraction of sp³-hybridized carbons (Fsp3) is 0.533. The van der Waals surface area contributed by atoms with E-state index in [9.17, 15) is 8.42 Å². The summed E-state index contributed by atoms with van der Waals surface area (Å²) in [4.78, 5) is 4.38. The van der Waals surface area contributed by atoms with Crippen molar-refractivity contribution in [2.45, 2.75) is 24.8 Å². The number of hydrogen-bond acceptors (Lipinski definition) is 4. The molecule has 0 saturated heterocycles. The lowest BCUT2D eigenvalue weighted by molar-refractivity contribution is 0.145. The third-order valence-corrected chi connectivity index (χ3v) is 4.54. The van der Waals surface area contributed by atoms with Gasteiger partial charge in [0.25, 0.3) is 0 Å². The maximum absolute atomic E-state index is 11.8. The molecule has 9 heteroatoms. The maximum atomic E-state index is 11.8. The molecule has 0 saturated carbocycles. The molecule has 1 rings (SSSR count). The Hall–Kier alpha value is -0.910. The van der Waals surface area contributed by atoms with Gasteiger partial charge in [-0.05, 0) is 38.1 Å². The van der Waals surface area contributed by atoms with Crippen molar-refractivity contribution < 1.29 is 13.2 Å². The van der Waals surface area contributed by atoms with E-state index in [0.29, 0.717) is 19.1 Å². The third kappa shape index (κ3) is 8.27. The van der Waals surface area contributed by atoms with Crippen LogP contribution in [0.4, 0.5) is 0 Å². The first-order chi connectivity index (χ1) is 11.0. The van der Waals surface area contributed by atoms with E-state index in [4.69, 9.17) is 4.74 Å². The van der Waals surface area contributed by atoms with Crippen LogP contribution in [0.25, 0.3) is 0 Å². The molecule has 24 heavy (non-hydrogen) atoms. The number of benzene rings is 1. The Kier molecular flexibility index (Phi) is 12.0. The van der Waals surface area contributed by atoms with Gasteiger partial charge >= 0.3 is 0 Å². The van der Waals surface area contributed by atoms with Gasteiger partial charge in [0.1, 0.15) is 0 Å². The molecule has 0 heterocycles. The Balaban J connectivity index is 0.00000529. The van der Waals surface area contributed by atoms with Gasteiger partial charge in [-0.25, -0.2) is 13.1 Å². The zero-order valence-corrected chi connectivity index (χ0v) is 17.5. The molecule has 0 bridgehead atoms. The molecule has 1 aromatic rings. The predicted octanol–water partition coefficient (Wildman–Crippen LogP) is 1.30. The van der Waals surface area contributed by atoms with Crippen LogP contribution in [-0.2, 0) is 21.3 Å². The quantitative estimate of drug-likeness (QED) is 0.219. The van der Waals surface area contributed by atoms with Gasteiger partial charge in [-0.1, -0.05) is 12.1 Å². The zero-order valence-electron chi connectivity index (χ0n) is 14.3. The van der Waals surface area contributed by atoms with E-state index in [0.717, 1.165) is 25.1 Å². The van der Waals surface area contributed by atoms with Crippen LogP contribution in [0.5, 0.6) is 0 Å². The van der Waals surface area contributed by atoms with Gasteiger partial charge in [-0.15, -0.1) is 24.0 Å². The number of ether oxygens (including phenoxy) is 1. The van der Waals surface area contributed by atoms with Gasteiger partial charge in [-0.2, -0.15) is 0 Å². The molecule has 0 aliphatic heterocycles. The highest BCUT2D eigenvalue weighted by Crippen LogP contribution is 2.10. The number of halogens is 1. The largest absolute Gasteiger partial charge is 0.382 e. The van der Waals surface area contributed by atoms with E-state index in [1.807, 2.05) is 13.0 Å². The first-order valence-electron chi connectivity index (χ1n) is 7.58. The maximum Gasteiger partial charge on any atom is 0.240 e. The first kappa shape index (κ1) is 23.1. The van der Waals surface area contributed by atoms with Crippen LogP contribution in [0.2, 0.25) is 0 Å². The minimum atomic E-state index is -3.43. The number of rotatable bonds is 9. The van der Waals surface area contributed by atoms with Crippen LogP contribution in [0, 0.1) is 0 Å². The zero-order chi connectivity index (χ0) is 17.1. The molecular weight excluding hydrogens is 443 g/mol. The molecule has 138 valence electrons. The average molecular weight is 470 g/mol. The van der Waals surface area contributed by atoms with Gasteiger partial charge in [0.05, 0.1) is 4.90 Å². The fourth-order valence-corrected chi connectivity index (χ4v) is 2.67. The number of hydrogen-bond donors (Lipinski definition) is 3. The number of guanidine groups is 1. The van der Waals surface area contributed by atoms with Gasteiger partial charge in [0, 0.05) is 33.4 Å². The lowest BCUT2D eigenvalue weighted by Crippen LogP contribution is -2.37. The van der Waals surface area contributed by atoms with Crippen LogP contribution < -0.4 is 15.4 Å². The Morgan fingerprint density at radius 2 is 2.04 bits per heavy atom. The molecule has 0 atom stereocenters. The van der Waals surface area contributed by atoms with E-state index < -0.39 is 10.0 Å². The van der Waals surface area contributed by atoms with E-state index in [1.54, 1.807) is 25.2 Å². The van der Waals surface area contributed by atoms with E-state index in [-0.39, 0.29) is 28.9 Å². The monoisotopic (exact) mass is 470 g/mol. The molecule has 0 radical (unpaired) electrons. The van der Waals surface area contributed by atoms with Gasteiger partial charge in [-0.3, -0.25) is 4.99 Å². The number of nitrogens with one attached hydrogen (secondary N) is 3. The summed E-state index contributed by atoms with van der Waals surface area (Å²) >= 11 is 0. The van der Waals surface area contributed by atoms with Crippen LogP contribution in [0.1, 0.15) is 18.9 Å². The molecule has 3 N–H and O–H groups in total. The average Bonchev–Trinajstić information content (AvgIpc) is 2.57. The molecule has 0 aliphatic carbocycles. The second kappa shape index (κ2) is 12.5. The summed E-state index contributed by atoms with van der Waals surface area (Å²) in [6.07, 6.45) is 0.893. The van der Waals surface area contributed by atoms with Gasteiger partial charge < -0.3 is 15.4 Å². The summed E-state index contributed by atoms with van der Waals surface area (Å²) in [7, 11) is -0.334. The number of aliphatic imine (C=N–C) groups is 1. The van der Waals surface area contributed by atoms with Crippen LogP contribution in [0.3, 0.4) is 0 Å². The number of nitrogens with zero attached hydrogens (tertiary/aromatic N) is 1. The van der Waals surface area contributed by atoms with Crippen molar-refractivity contribution in [3.63, 3.8) is 0 Å². The fourth-order valence-electron chi connectivity index (χ4n) is 1.87. The lowest BCUT2D eigenvalue weighted by atomic mass is 10.2. The van der Waals surface area contributed by atoms with Crippen molar-refractivity contribution in [2.24, 2.45) is 4.99 Å². The van der Waals surface area contributed by atoms with E-state index in [1.165, 1.54) is 7.05 Å². The summed E-state index contributed by atoms with van der Waals surface area (Å²) in [5.41, 5.74) is 0.860. The van der Waals surface area contributed by atoms with Crippen molar-refractivity contribution in [2.75, 3.05) is 33.9 Å². The van der Waals surface area contributed by atoms with Crippen LogP contribution in [-0.4, -0.2) is 48.2 Å². The summed E-state index contributed by atoms with van der Waals surface area (Å²) in [6, 6.07) is 6.79. The van der Waals surface area contributed by atoms with Crippen LogP contribution in [0.15, 0.2) is 34.2 Å². The van der Waals surface area contributed by atoms with Crippen molar-refractivity contribution >= 4 is 40.0 Å². The minimum Gasteiger partial charge on any atom is -0.382 e. The van der Waals surface area contributed by atoms with Crippen molar-refractivity contribution in [3.8, 4) is 0 Å². The smallest absolute Gasteiger partial charge is 0.240 e. The Labute approximate surface area is 161 Å². The van der Waals surface area contributed by atoms with Crippen molar-refractivity contribution in [1.82, 2.24) is 15.4 Å². The summed E-state index contributed by atoms with van der Waals surface area (Å²) < 4.78 is 31.2. The minimum absolute atomic E-state index is 0. The molecule has 0 fully saturated rings. The Morgan fingerprint density at radius 3 is 2.67 bits per heavy atom. The summed E-state index contributed by atoms with van der Waals surface area (Å²) in [5, 5.41) is 6.34. The summed E-state index contributed by atoms with van der Waals surface area (Å²) in [6.45, 7) is 4.64. The lowest BCUT2D eigenvalue weighted by Gasteiger charge is -2.12. The Morgan fingerprint density at radius 1 is 1.29 bits per heavy atom. The summed E-state index contributed by atoms with van der Waals surface area (Å²) in [5.74, 6) is 0.670. The Bertz CT molecular complexity index is 608. The standard InChI is InChI=1S/C15H26N4O3S.HI/c1-4-22-10-6-9-18-15(16-2)19-12-13-7-5-8-14(11-13)23(20,21)17-3;/h5,7-8,11,17H,4,6,9-10,12H2,1-3H3,(H2,16,18,19);1H. The van der Waals surface area contributed by atoms with Gasteiger partial charge in [0.15, 0.2) is 5.96 Å². The first-order valence-corrected chi connectivity index (χ1v) is 9.06. The van der Waals surface area contributed by atoms with Crippen molar-refractivity contribution in [1.29, 1.82) is 0 Å². The van der Waals surface area contributed by atoms with Gasteiger partial charge in [0.2, 0.25) is 10.0 Å².